The molecule has 0 aromatic carbocycles. The summed E-state index contributed by atoms with van der Waals surface area (Å²) in [6, 6.07) is 1.91. The maximum Gasteiger partial charge on any atom is 0.116 e. The smallest absolute Gasteiger partial charge is 0.116 e. The third-order valence-electron chi connectivity index (χ3n) is 1.69. The number of nitrogens with zero attached hydrogens (tertiary/aromatic N) is 1. The van der Waals surface area contributed by atoms with Crippen LogP contribution in [0.15, 0.2) is 28.3 Å². The molecule has 0 saturated carbocycles. The molecule has 0 saturated heterocycles. The van der Waals surface area contributed by atoms with Crippen molar-refractivity contribution in [2.45, 2.75) is 6.10 Å². The Bertz CT molecular complexity index is 385. The fraction of sp³-hybridized carbons (Fsp3) is 0.125. The van der Waals surface area contributed by atoms with Crippen molar-refractivity contribution in [1.82, 2.24) is 10.2 Å². The number of hydrogen-bond donors (Lipinski definition) is 2. The largest absolute Gasteiger partial charge is 0.383 e. The minimum atomic E-state index is -0.574. The number of halogens is 1. The van der Waals surface area contributed by atoms with Gasteiger partial charge in [-0.2, -0.15) is 5.10 Å². The molecule has 0 spiro atoms. The summed E-state index contributed by atoms with van der Waals surface area (Å²) in [5, 5.41) is 18.2. The van der Waals surface area contributed by atoms with Crippen LogP contribution in [-0.2, 0) is 0 Å². The molecule has 2 aromatic rings. The fourth-order valence-corrected chi connectivity index (χ4v) is 2.50. The highest BCUT2D eigenvalue weighted by Gasteiger charge is 2.12. The van der Waals surface area contributed by atoms with Crippen LogP contribution in [0.4, 0.5) is 0 Å². The summed E-state index contributed by atoms with van der Waals surface area (Å²) in [5.74, 6) is 0. The molecule has 0 aliphatic heterocycles. The Morgan fingerprint density at radius 1 is 1.62 bits per heavy atom. The topological polar surface area (TPSA) is 48.9 Å². The van der Waals surface area contributed by atoms with Crippen molar-refractivity contribution in [3.8, 4) is 0 Å². The Hall–Kier alpha value is -0.650. The van der Waals surface area contributed by atoms with Crippen LogP contribution in [0.2, 0.25) is 0 Å². The van der Waals surface area contributed by atoms with Gasteiger partial charge in [0.25, 0.3) is 0 Å². The van der Waals surface area contributed by atoms with E-state index in [4.69, 9.17) is 0 Å². The highest BCUT2D eigenvalue weighted by Crippen LogP contribution is 2.29. The molecule has 0 aliphatic carbocycles. The van der Waals surface area contributed by atoms with E-state index in [0.29, 0.717) is 0 Å². The molecule has 3 nitrogen and oxygen atoms in total. The summed E-state index contributed by atoms with van der Waals surface area (Å²) in [7, 11) is 0. The molecule has 2 heterocycles. The number of H-pyrrole nitrogens is 1. The zero-order chi connectivity index (χ0) is 9.26. The summed E-state index contributed by atoms with van der Waals surface area (Å²) in [4.78, 5) is 0.910. The van der Waals surface area contributed by atoms with Crippen molar-refractivity contribution in [3.63, 3.8) is 0 Å². The molecule has 0 bridgehead atoms. The maximum absolute atomic E-state index is 9.82. The molecule has 0 aliphatic rings. The van der Waals surface area contributed by atoms with Gasteiger partial charge in [-0.15, -0.1) is 11.3 Å². The number of aromatic nitrogens is 2. The molecule has 2 N–H and O–H groups in total. The van der Waals surface area contributed by atoms with Crippen LogP contribution >= 0.6 is 27.3 Å². The lowest BCUT2D eigenvalue weighted by Gasteiger charge is -2.03. The van der Waals surface area contributed by atoms with E-state index in [0.717, 1.165) is 14.9 Å². The molecular formula is C8H7BrN2OS. The average Bonchev–Trinajstić information content (AvgIpc) is 2.72. The Morgan fingerprint density at radius 3 is 3.00 bits per heavy atom. The molecule has 5 heteroatoms. The monoisotopic (exact) mass is 258 g/mol. The molecule has 0 fully saturated rings. The number of nitrogens with one attached hydrogen (secondary N) is 1. The number of aliphatic hydroxyl groups is 1. The fourth-order valence-electron chi connectivity index (χ4n) is 1.05. The van der Waals surface area contributed by atoms with E-state index in [1.807, 2.05) is 11.4 Å². The van der Waals surface area contributed by atoms with E-state index < -0.39 is 6.10 Å². The zero-order valence-corrected chi connectivity index (χ0v) is 8.97. The Balaban J connectivity index is 2.28. The van der Waals surface area contributed by atoms with Crippen molar-refractivity contribution in [2.24, 2.45) is 0 Å². The molecule has 1 atom stereocenters. The number of rotatable bonds is 2. The van der Waals surface area contributed by atoms with Crippen LogP contribution in [0.1, 0.15) is 16.5 Å². The molecule has 0 amide bonds. The predicted molar refractivity (Wildman–Crippen MR) is 54.7 cm³/mol. The van der Waals surface area contributed by atoms with E-state index >= 15 is 0 Å². The minimum absolute atomic E-state index is 0.574. The zero-order valence-electron chi connectivity index (χ0n) is 6.57. The van der Waals surface area contributed by atoms with Gasteiger partial charge in [0.05, 0.1) is 6.20 Å². The molecule has 68 valence electrons. The molecular weight excluding hydrogens is 252 g/mol. The maximum atomic E-state index is 9.82. The van der Waals surface area contributed by atoms with Gasteiger partial charge in [0, 0.05) is 26.5 Å². The summed E-state index contributed by atoms with van der Waals surface area (Å²) in [6.07, 6.45) is 2.74. The summed E-state index contributed by atoms with van der Waals surface area (Å²) >= 11 is 4.86. The minimum Gasteiger partial charge on any atom is -0.383 e. The Labute approximate surface area is 87.6 Å². The SMILES string of the molecule is OC(c1cn[nH]c1)c1cc(Br)cs1. The number of aromatic amines is 1. The first-order valence-corrected chi connectivity index (χ1v) is 5.35. The van der Waals surface area contributed by atoms with Crippen LogP contribution in [0.25, 0.3) is 0 Å². The quantitative estimate of drug-likeness (QED) is 0.869. The second-order valence-electron chi connectivity index (χ2n) is 2.60. The van der Waals surface area contributed by atoms with Crippen molar-refractivity contribution in [2.75, 3.05) is 0 Å². The average molecular weight is 259 g/mol. The first kappa shape index (κ1) is 8.93. The van der Waals surface area contributed by atoms with Gasteiger partial charge in [-0.05, 0) is 22.0 Å². The van der Waals surface area contributed by atoms with Gasteiger partial charge in [-0.3, -0.25) is 5.10 Å². The van der Waals surface area contributed by atoms with Crippen molar-refractivity contribution in [3.05, 3.63) is 38.8 Å². The van der Waals surface area contributed by atoms with Gasteiger partial charge in [-0.1, -0.05) is 0 Å². The number of hydrogen-bond acceptors (Lipinski definition) is 3. The van der Waals surface area contributed by atoms with Gasteiger partial charge < -0.3 is 5.11 Å². The van der Waals surface area contributed by atoms with Crippen molar-refractivity contribution in [1.29, 1.82) is 0 Å². The van der Waals surface area contributed by atoms with Crippen LogP contribution in [0.5, 0.6) is 0 Å². The van der Waals surface area contributed by atoms with E-state index in [-0.39, 0.29) is 0 Å². The first-order valence-electron chi connectivity index (χ1n) is 3.68. The van der Waals surface area contributed by atoms with E-state index in [2.05, 4.69) is 26.1 Å². The highest BCUT2D eigenvalue weighted by atomic mass is 79.9. The van der Waals surface area contributed by atoms with E-state index in [1.54, 1.807) is 12.4 Å². The van der Waals surface area contributed by atoms with Gasteiger partial charge in [0.2, 0.25) is 0 Å². The standard InChI is InChI=1S/C8H7BrN2OS/c9-6-1-7(13-4-6)8(12)5-2-10-11-3-5/h1-4,8,12H,(H,10,11). The molecule has 0 radical (unpaired) electrons. The number of thiophene rings is 1. The number of aliphatic hydroxyl groups excluding tert-OH is 1. The predicted octanol–water partition coefficient (Wildman–Crippen LogP) is 2.32. The lowest BCUT2D eigenvalue weighted by atomic mass is 10.2. The Kier molecular flexibility index (Phi) is 2.48. The summed E-state index contributed by atoms with van der Waals surface area (Å²) in [6.45, 7) is 0. The van der Waals surface area contributed by atoms with Gasteiger partial charge >= 0.3 is 0 Å². The molecule has 13 heavy (non-hydrogen) atoms. The highest BCUT2D eigenvalue weighted by molar-refractivity contribution is 9.10. The Morgan fingerprint density at radius 2 is 2.46 bits per heavy atom. The van der Waals surface area contributed by atoms with Crippen molar-refractivity contribution < 1.29 is 5.11 Å². The second-order valence-corrected chi connectivity index (χ2v) is 4.46. The summed E-state index contributed by atoms with van der Waals surface area (Å²) in [5.41, 5.74) is 0.786. The third kappa shape index (κ3) is 1.82. The van der Waals surface area contributed by atoms with Crippen LogP contribution in [0.3, 0.4) is 0 Å². The van der Waals surface area contributed by atoms with Gasteiger partial charge in [0.1, 0.15) is 6.10 Å². The van der Waals surface area contributed by atoms with Crippen LogP contribution in [0, 0.1) is 0 Å². The second kappa shape index (κ2) is 3.61. The third-order valence-corrected chi connectivity index (χ3v) is 3.44. The normalized spacial score (nSPS) is 13.1. The first-order chi connectivity index (χ1) is 6.27. The van der Waals surface area contributed by atoms with Gasteiger partial charge in [0.15, 0.2) is 0 Å². The van der Waals surface area contributed by atoms with E-state index in [9.17, 15) is 5.11 Å². The van der Waals surface area contributed by atoms with Crippen LogP contribution < -0.4 is 0 Å². The van der Waals surface area contributed by atoms with Gasteiger partial charge in [-0.25, -0.2) is 0 Å². The van der Waals surface area contributed by atoms with E-state index in [1.165, 1.54) is 11.3 Å². The molecule has 2 rings (SSSR count). The molecule has 1 unspecified atom stereocenters. The molecule has 2 aromatic heterocycles. The lowest BCUT2D eigenvalue weighted by molar-refractivity contribution is 0.224. The van der Waals surface area contributed by atoms with Crippen molar-refractivity contribution >= 4 is 27.3 Å². The van der Waals surface area contributed by atoms with Crippen LogP contribution in [-0.4, -0.2) is 15.3 Å². The summed E-state index contributed by atoms with van der Waals surface area (Å²) < 4.78 is 0.995. The lowest BCUT2D eigenvalue weighted by Crippen LogP contribution is -1.94.